The summed E-state index contributed by atoms with van der Waals surface area (Å²) in [6.07, 6.45) is 4.25. The third-order valence-electron chi connectivity index (χ3n) is 4.33. The zero-order valence-electron chi connectivity index (χ0n) is 15.2. The highest BCUT2D eigenvalue weighted by Crippen LogP contribution is 2.21. The third kappa shape index (κ3) is 8.39. The summed E-state index contributed by atoms with van der Waals surface area (Å²) in [7, 11) is 3.04. The van der Waals surface area contributed by atoms with E-state index in [1.54, 1.807) is 7.11 Å². The summed E-state index contributed by atoms with van der Waals surface area (Å²) in [5.74, 6) is -0.150. The molecule has 7 nitrogen and oxygen atoms in total. The number of unbranched alkanes of at least 4 members (excludes halogenated alkanes) is 2. The highest BCUT2D eigenvalue weighted by atomic mass is 16.7. The first-order valence-corrected chi connectivity index (χ1v) is 8.77. The van der Waals surface area contributed by atoms with E-state index < -0.39 is 6.10 Å². The van der Waals surface area contributed by atoms with E-state index in [0.717, 1.165) is 25.7 Å². The average Bonchev–Trinajstić information content (AvgIpc) is 2.56. The minimum absolute atomic E-state index is 0.0693. The maximum Gasteiger partial charge on any atom is 0.305 e. The zero-order chi connectivity index (χ0) is 17.8. The van der Waals surface area contributed by atoms with Crippen molar-refractivity contribution in [1.82, 2.24) is 5.32 Å². The number of carbonyl (C=O) groups is 1. The Morgan fingerprint density at radius 3 is 2.67 bits per heavy atom. The Kier molecular flexibility index (Phi) is 11.2. The molecule has 142 valence electrons. The number of ether oxygens (including phenoxy) is 4. The fourth-order valence-corrected chi connectivity index (χ4v) is 3.02. The largest absolute Gasteiger partial charge is 0.469 e. The number of carbonyl (C=O) groups excluding carboxylic acids is 1. The standard InChI is InChI=1S/C17H33NO6/c1-13-17(24-12-23-10-9-21-2)15(19)11-14(18-13)7-5-4-6-8-16(20)22-3/h13-15,17-19H,4-12H2,1-3H3/t13-,14-,15+,17+/m0/s1. The Morgan fingerprint density at radius 1 is 1.21 bits per heavy atom. The first kappa shape index (κ1) is 21.3. The molecule has 0 unspecified atom stereocenters. The van der Waals surface area contributed by atoms with Gasteiger partial charge in [-0.2, -0.15) is 0 Å². The highest BCUT2D eigenvalue weighted by Gasteiger charge is 2.34. The van der Waals surface area contributed by atoms with Gasteiger partial charge in [0.25, 0.3) is 0 Å². The third-order valence-corrected chi connectivity index (χ3v) is 4.33. The van der Waals surface area contributed by atoms with Crippen molar-refractivity contribution >= 4 is 5.97 Å². The van der Waals surface area contributed by atoms with Gasteiger partial charge >= 0.3 is 5.97 Å². The molecular weight excluding hydrogens is 314 g/mol. The molecule has 1 rings (SSSR count). The Balaban J connectivity index is 2.16. The van der Waals surface area contributed by atoms with Crippen molar-refractivity contribution < 1.29 is 28.8 Å². The fourth-order valence-electron chi connectivity index (χ4n) is 3.02. The lowest BCUT2D eigenvalue weighted by atomic mass is 9.91. The van der Waals surface area contributed by atoms with Crippen molar-refractivity contribution in [3.63, 3.8) is 0 Å². The van der Waals surface area contributed by atoms with Gasteiger partial charge in [-0.1, -0.05) is 12.8 Å². The number of methoxy groups -OCH3 is 2. The van der Waals surface area contributed by atoms with Crippen LogP contribution in [0.4, 0.5) is 0 Å². The molecule has 1 saturated heterocycles. The molecule has 0 aromatic rings. The van der Waals surface area contributed by atoms with Crippen molar-refractivity contribution in [2.24, 2.45) is 0 Å². The molecule has 1 fully saturated rings. The van der Waals surface area contributed by atoms with Crippen LogP contribution in [-0.2, 0) is 23.7 Å². The van der Waals surface area contributed by atoms with Crippen molar-refractivity contribution in [3.05, 3.63) is 0 Å². The number of aliphatic hydroxyl groups excluding tert-OH is 1. The molecule has 0 spiro atoms. The van der Waals surface area contributed by atoms with Gasteiger partial charge in [-0.25, -0.2) is 0 Å². The van der Waals surface area contributed by atoms with Crippen LogP contribution in [0.2, 0.25) is 0 Å². The van der Waals surface area contributed by atoms with E-state index in [1.807, 2.05) is 6.92 Å². The first-order chi connectivity index (χ1) is 11.6. The summed E-state index contributed by atoms with van der Waals surface area (Å²) >= 11 is 0. The van der Waals surface area contributed by atoms with Gasteiger partial charge in [0.1, 0.15) is 12.9 Å². The van der Waals surface area contributed by atoms with E-state index in [9.17, 15) is 9.90 Å². The molecule has 0 aromatic heterocycles. The molecule has 0 aromatic carbocycles. The van der Waals surface area contributed by atoms with Crippen LogP contribution in [0.25, 0.3) is 0 Å². The number of nitrogens with one attached hydrogen (secondary N) is 1. The molecule has 0 aliphatic carbocycles. The Labute approximate surface area is 145 Å². The predicted molar refractivity (Wildman–Crippen MR) is 89.7 cm³/mol. The second kappa shape index (κ2) is 12.6. The van der Waals surface area contributed by atoms with Gasteiger partial charge < -0.3 is 29.4 Å². The molecule has 1 heterocycles. The minimum Gasteiger partial charge on any atom is -0.469 e. The van der Waals surface area contributed by atoms with Gasteiger partial charge in [-0.3, -0.25) is 4.79 Å². The highest BCUT2D eigenvalue weighted by molar-refractivity contribution is 5.68. The van der Waals surface area contributed by atoms with E-state index in [0.29, 0.717) is 26.1 Å². The van der Waals surface area contributed by atoms with Crippen molar-refractivity contribution in [2.45, 2.75) is 69.7 Å². The zero-order valence-corrected chi connectivity index (χ0v) is 15.2. The maximum atomic E-state index is 11.0. The van der Waals surface area contributed by atoms with Crippen LogP contribution in [0.5, 0.6) is 0 Å². The van der Waals surface area contributed by atoms with Crippen molar-refractivity contribution in [2.75, 3.05) is 34.2 Å². The van der Waals surface area contributed by atoms with Crippen LogP contribution in [0.1, 0.15) is 45.4 Å². The van der Waals surface area contributed by atoms with Crippen LogP contribution in [0, 0.1) is 0 Å². The lowest BCUT2D eigenvalue weighted by molar-refractivity contribution is -0.150. The molecule has 0 bridgehead atoms. The van der Waals surface area contributed by atoms with Gasteiger partial charge in [0.2, 0.25) is 0 Å². The minimum atomic E-state index is -0.493. The Bertz CT molecular complexity index is 329. The number of rotatable bonds is 12. The van der Waals surface area contributed by atoms with Gasteiger partial charge in [-0.15, -0.1) is 0 Å². The summed E-state index contributed by atoms with van der Waals surface area (Å²) in [5, 5.41) is 13.8. The summed E-state index contributed by atoms with van der Waals surface area (Å²) in [6.45, 7) is 3.19. The molecule has 1 aliphatic heterocycles. The summed E-state index contributed by atoms with van der Waals surface area (Å²) in [4.78, 5) is 11.0. The SMILES string of the molecule is COCCOCO[C@H]1[C@H](O)C[C@H](CCCCCC(=O)OC)N[C@H]1C. The van der Waals surface area contributed by atoms with Gasteiger partial charge in [-0.05, 0) is 26.2 Å². The molecule has 24 heavy (non-hydrogen) atoms. The number of piperidine rings is 1. The topological polar surface area (TPSA) is 86.3 Å². The van der Waals surface area contributed by atoms with E-state index >= 15 is 0 Å². The quantitative estimate of drug-likeness (QED) is 0.312. The molecular formula is C17H33NO6. The normalized spacial score (nSPS) is 27.2. The summed E-state index contributed by atoms with van der Waals surface area (Å²) in [6, 6.07) is 0.349. The lowest BCUT2D eigenvalue weighted by Crippen LogP contribution is -2.56. The second-order valence-electron chi connectivity index (χ2n) is 6.28. The molecule has 7 heteroatoms. The molecule has 0 saturated carbocycles. The maximum absolute atomic E-state index is 11.0. The monoisotopic (exact) mass is 347 g/mol. The van der Waals surface area contributed by atoms with Crippen molar-refractivity contribution in [1.29, 1.82) is 0 Å². The van der Waals surface area contributed by atoms with E-state index in [4.69, 9.17) is 14.2 Å². The Morgan fingerprint density at radius 2 is 2.00 bits per heavy atom. The smallest absolute Gasteiger partial charge is 0.305 e. The van der Waals surface area contributed by atoms with E-state index in [-0.39, 0.29) is 30.9 Å². The molecule has 2 N–H and O–H groups in total. The molecule has 4 atom stereocenters. The molecule has 0 amide bonds. The van der Waals surface area contributed by atoms with Crippen molar-refractivity contribution in [3.8, 4) is 0 Å². The number of hydrogen-bond donors (Lipinski definition) is 2. The lowest BCUT2D eigenvalue weighted by Gasteiger charge is -2.39. The van der Waals surface area contributed by atoms with Crippen LogP contribution in [0.15, 0.2) is 0 Å². The van der Waals surface area contributed by atoms with Crippen LogP contribution < -0.4 is 5.32 Å². The molecule has 0 radical (unpaired) electrons. The van der Waals surface area contributed by atoms with Crippen LogP contribution in [0.3, 0.4) is 0 Å². The van der Waals surface area contributed by atoms with Gasteiger partial charge in [0.15, 0.2) is 0 Å². The van der Waals surface area contributed by atoms with E-state index in [2.05, 4.69) is 10.1 Å². The second-order valence-corrected chi connectivity index (χ2v) is 6.28. The molecule has 1 aliphatic rings. The predicted octanol–water partition coefficient (Wildman–Crippen LogP) is 1.23. The van der Waals surface area contributed by atoms with Gasteiger partial charge in [0, 0.05) is 25.6 Å². The first-order valence-electron chi connectivity index (χ1n) is 8.77. The van der Waals surface area contributed by atoms with Crippen LogP contribution >= 0.6 is 0 Å². The number of aliphatic hydroxyl groups is 1. The summed E-state index contributed by atoms with van der Waals surface area (Å²) < 4.78 is 20.5. The average molecular weight is 347 g/mol. The van der Waals surface area contributed by atoms with E-state index in [1.165, 1.54) is 7.11 Å². The van der Waals surface area contributed by atoms with Gasteiger partial charge in [0.05, 0.1) is 26.4 Å². The number of esters is 1. The Hall–Kier alpha value is -0.730. The van der Waals surface area contributed by atoms with Crippen LogP contribution in [-0.4, -0.2) is 69.6 Å². The number of hydrogen-bond acceptors (Lipinski definition) is 7. The summed E-state index contributed by atoms with van der Waals surface area (Å²) in [5.41, 5.74) is 0. The fraction of sp³-hybridized carbons (Fsp3) is 0.941.